The third kappa shape index (κ3) is 1.24. The Morgan fingerprint density at radius 2 is 1.94 bits per heavy atom. The minimum atomic E-state index is 0.571. The van der Waals surface area contributed by atoms with Crippen molar-refractivity contribution in [2.24, 2.45) is 23.7 Å². The summed E-state index contributed by atoms with van der Waals surface area (Å²) in [5, 5.41) is 0. The first-order valence-corrected chi connectivity index (χ1v) is 7.39. The first-order valence-electron chi connectivity index (χ1n) is 6.98. The van der Waals surface area contributed by atoms with Gasteiger partial charge in [0.05, 0.1) is 0 Å². The van der Waals surface area contributed by atoms with Crippen molar-refractivity contribution >= 4 is 12.2 Å². The van der Waals surface area contributed by atoms with Gasteiger partial charge in [0.2, 0.25) is 0 Å². The van der Waals surface area contributed by atoms with E-state index >= 15 is 0 Å². The van der Waals surface area contributed by atoms with Crippen LogP contribution in [0, 0.1) is 28.4 Å². The monoisotopic (exact) mass is 248 g/mol. The Balaban J connectivity index is 1.74. The number of nitrogens with one attached hydrogen (secondary N) is 1. The van der Waals surface area contributed by atoms with E-state index < -0.39 is 0 Å². The number of rotatable bonds is 2. The number of H-pyrrole nitrogens is 1. The fraction of sp³-hybridized carbons (Fsp3) is 0.786. The zero-order valence-electron chi connectivity index (χ0n) is 10.5. The van der Waals surface area contributed by atoms with Gasteiger partial charge in [0, 0.05) is 17.9 Å². The van der Waals surface area contributed by atoms with E-state index in [2.05, 4.69) is 29.6 Å². The summed E-state index contributed by atoms with van der Waals surface area (Å²) in [7, 11) is 0. The molecule has 0 aromatic carbocycles. The molecule has 3 aliphatic rings. The number of aromatic amines is 1. The van der Waals surface area contributed by atoms with Gasteiger partial charge in [-0.15, -0.1) is 0 Å². The normalized spacial score (nSPS) is 42.2. The fourth-order valence-electron chi connectivity index (χ4n) is 4.77. The van der Waals surface area contributed by atoms with Crippen LogP contribution in [0.15, 0.2) is 6.20 Å². The lowest BCUT2D eigenvalue weighted by atomic mass is 10.0. The smallest absolute Gasteiger partial charge is 0.177 e. The van der Waals surface area contributed by atoms with Crippen LogP contribution in [0.1, 0.15) is 50.8 Å². The molecule has 0 radical (unpaired) electrons. The van der Waals surface area contributed by atoms with Crippen molar-refractivity contribution in [2.75, 3.05) is 0 Å². The molecule has 0 amide bonds. The summed E-state index contributed by atoms with van der Waals surface area (Å²) in [6.45, 7) is 4.53. The summed E-state index contributed by atoms with van der Waals surface area (Å²) in [4.78, 5) is 3.26. The summed E-state index contributed by atoms with van der Waals surface area (Å²) in [6.07, 6.45) is 6.61. The van der Waals surface area contributed by atoms with Gasteiger partial charge < -0.3 is 9.55 Å². The predicted octanol–water partition coefficient (Wildman–Crippen LogP) is 3.89. The summed E-state index contributed by atoms with van der Waals surface area (Å²) in [6, 6.07) is 0.748. The van der Waals surface area contributed by atoms with Gasteiger partial charge in [-0.2, -0.15) is 0 Å². The molecule has 1 aromatic rings. The molecule has 0 aliphatic heterocycles. The number of hydrogen-bond donors (Lipinski definition) is 1. The van der Waals surface area contributed by atoms with E-state index in [1.54, 1.807) is 0 Å². The lowest BCUT2D eigenvalue weighted by molar-refractivity contribution is 0.441. The SMILES string of the molecule is CC(C)c1c[nH]c(=S)n1C1C2C3CCC(C3)C21. The van der Waals surface area contributed by atoms with Crippen LogP contribution in [0.5, 0.6) is 0 Å². The Hall–Kier alpha value is -0.570. The largest absolute Gasteiger partial charge is 0.337 e. The van der Waals surface area contributed by atoms with Crippen molar-refractivity contribution in [3.63, 3.8) is 0 Å². The van der Waals surface area contributed by atoms with Crippen LogP contribution in [0.25, 0.3) is 0 Å². The van der Waals surface area contributed by atoms with Crippen LogP contribution in [0.2, 0.25) is 0 Å². The van der Waals surface area contributed by atoms with Gasteiger partial charge in [-0.05, 0) is 61.1 Å². The Morgan fingerprint density at radius 1 is 1.29 bits per heavy atom. The molecule has 0 saturated heterocycles. The average molecular weight is 248 g/mol. The van der Waals surface area contributed by atoms with E-state index in [0.717, 1.165) is 34.5 Å². The standard InChI is InChI=1S/C14H20N2S/c1-7(2)10-6-15-14(17)16(10)13-11-8-3-4-9(5-8)12(11)13/h6-9,11-13H,3-5H2,1-2H3,(H,15,17). The maximum atomic E-state index is 5.49. The molecule has 4 rings (SSSR count). The van der Waals surface area contributed by atoms with Gasteiger partial charge in [-0.3, -0.25) is 0 Å². The molecule has 1 heterocycles. The van der Waals surface area contributed by atoms with Crippen molar-refractivity contribution in [1.82, 2.24) is 9.55 Å². The number of aromatic nitrogens is 2. The highest BCUT2D eigenvalue weighted by Crippen LogP contribution is 2.71. The molecular weight excluding hydrogens is 228 g/mol. The Kier molecular flexibility index (Phi) is 1.98. The van der Waals surface area contributed by atoms with Crippen molar-refractivity contribution in [3.05, 3.63) is 16.7 Å². The molecule has 4 unspecified atom stereocenters. The molecule has 3 aliphatic carbocycles. The summed E-state index contributed by atoms with van der Waals surface area (Å²) < 4.78 is 3.41. The number of fused-ring (bicyclic) bond motifs is 5. The van der Waals surface area contributed by atoms with Crippen molar-refractivity contribution in [2.45, 2.75) is 45.1 Å². The molecule has 92 valence electrons. The lowest BCUT2D eigenvalue weighted by Crippen LogP contribution is -2.09. The molecular formula is C14H20N2S. The van der Waals surface area contributed by atoms with Gasteiger partial charge in [0.25, 0.3) is 0 Å². The molecule has 2 bridgehead atoms. The third-order valence-corrected chi connectivity index (χ3v) is 5.74. The molecule has 3 heteroatoms. The van der Waals surface area contributed by atoms with E-state index in [1.165, 1.54) is 25.0 Å². The second-order valence-electron chi connectivity index (χ2n) is 6.52. The second-order valence-corrected chi connectivity index (χ2v) is 6.91. The first-order chi connectivity index (χ1) is 8.18. The van der Waals surface area contributed by atoms with Crippen molar-refractivity contribution in [3.8, 4) is 0 Å². The zero-order valence-corrected chi connectivity index (χ0v) is 11.3. The molecule has 3 saturated carbocycles. The van der Waals surface area contributed by atoms with Crippen LogP contribution in [0.4, 0.5) is 0 Å². The molecule has 1 aromatic heterocycles. The van der Waals surface area contributed by atoms with Crippen LogP contribution in [0.3, 0.4) is 0 Å². The van der Waals surface area contributed by atoms with Gasteiger partial charge >= 0.3 is 0 Å². The quantitative estimate of drug-likeness (QED) is 0.788. The first kappa shape index (κ1) is 10.4. The van der Waals surface area contributed by atoms with E-state index in [-0.39, 0.29) is 0 Å². The Bertz CT molecular complexity index is 497. The molecule has 4 atom stereocenters. The molecule has 0 spiro atoms. The summed E-state index contributed by atoms with van der Waals surface area (Å²) in [5.74, 6) is 4.54. The van der Waals surface area contributed by atoms with Crippen LogP contribution in [-0.2, 0) is 0 Å². The molecule has 17 heavy (non-hydrogen) atoms. The average Bonchev–Trinajstić information content (AvgIpc) is 2.69. The van der Waals surface area contributed by atoms with E-state index in [0.29, 0.717) is 5.92 Å². The van der Waals surface area contributed by atoms with Gasteiger partial charge in [0.15, 0.2) is 4.77 Å². The lowest BCUT2D eigenvalue weighted by Gasteiger charge is -2.15. The van der Waals surface area contributed by atoms with Crippen molar-refractivity contribution < 1.29 is 0 Å². The highest BCUT2D eigenvalue weighted by atomic mass is 32.1. The predicted molar refractivity (Wildman–Crippen MR) is 70.6 cm³/mol. The minimum Gasteiger partial charge on any atom is -0.337 e. The topological polar surface area (TPSA) is 20.7 Å². The summed E-state index contributed by atoms with van der Waals surface area (Å²) in [5.41, 5.74) is 1.41. The van der Waals surface area contributed by atoms with Gasteiger partial charge in [0.1, 0.15) is 0 Å². The summed E-state index contributed by atoms with van der Waals surface area (Å²) >= 11 is 5.49. The minimum absolute atomic E-state index is 0.571. The molecule has 2 nitrogen and oxygen atoms in total. The highest BCUT2D eigenvalue weighted by Gasteiger charge is 2.66. The maximum absolute atomic E-state index is 5.49. The highest BCUT2D eigenvalue weighted by molar-refractivity contribution is 7.71. The van der Waals surface area contributed by atoms with Gasteiger partial charge in [-0.25, -0.2) is 0 Å². The number of nitrogens with zero attached hydrogens (tertiary/aromatic N) is 1. The van der Waals surface area contributed by atoms with Crippen LogP contribution >= 0.6 is 12.2 Å². The van der Waals surface area contributed by atoms with Crippen molar-refractivity contribution in [1.29, 1.82) is 0 Å². The molecule has 3 fully saturated rings. The second kappa shape index (κ2) is 3.25. The van der Waals surface area contributed by atoms with Gasteiger partial charge in [-0.1, -0.05) is 13.8 Å². The Morgan fingerprint density at radius 3 is 2.53 bits per heavy atom. The van der Waals surface area contributed by atoms with E-state index in [1.807, 2.05) is 0 Å². The van der Waals surface area contributed by atoms with Crippen LogP contribution in [-0.4, -0.2) is 9.55 Å². The molecule has 1 N–H and O–H groups in total. The Labute approximate surface area is 107 Å². The van der Waals surface area contributed by atoms with Crippen LogP contribution < -0.4 is 0 Å². The third-order valence-electron chi connectivity index (χ3n) is 5.42. The van der Waals surface area contributed by atoms with E-state index in [9.17, 15) is 0 Å². The number of hydrogen-bond acceptors (Lipinski definition) is 1. The number of imidazole rings is 1. The fourth-order valence-corrected chi connectivity index (χ4v) is 5.05. The maximum Gasteiger partial charge on any atom is 0.177 e. The van der Waals surface area contributed by atoms with E-state index in [4.69, 9.17) is 12.2 Å². The zero-order chi connectivity index (χ0) is 11.7.